The molecule has 5 heteroatoms. The third-order valence-electron chi connectivity index (χ3n) is 4.39. The van der Waals surface area contributed by atoms with Crippen LogP contribution in [0.4, 0.5) is 5.69 Å². The summed E-state index contributed by atoms with van der Waals surface area (Å²) in [5, 5.41) is 0. The lowest BCUT2D eigenvalue weighted by atomic mass is 9.99. The first kappa shape index (κ1) is 17.8. The Balaban J connectivity index is 1.96. The molecular formula is C20H24N2O2S. The van der Waals surface area contributed by atoms with Crippen molar-refractivity contribution >= 4 is 23.4 Å². The minimum Gasteiger partial charge on any atom is -0.497 e. The van der Waals surface area contributed by atoms with Crippen LogP contribution in [-0.4, -0.2) is 50.9 Å². The molecule has 0 bridgehead atoms. The van der Waals surface area contributed by atoms with Crippen LogP contribution in [0.2, 0.25) is 0 Å². The highest BCUT2D eigenvalue weighted by atomic mass is 32.2. The normalized spacial score (nSPS) is 17.4. The maximum Gasteiger partial charge on any atom is 0.235 e. The second-order valence-electron chi connectivity index (χ2n) is 6.40. The van der Waals surface area contributed by atoms with Crippen LogP contribution in [0.5, 0.6) is 5.75 Å². The Hall–Kier alpha value is -1.98. The van der Waals surface area contributed by atoms with E-state index in [0.29, 0.717) is 6.54 Å². The standard InChI is InChI=1S/C20H24N2O2S/c1-21(2)11-12-22-18-9-4-5-10-19(18)25-14-17(20(22)23)15-7-6-8-16(13-15)24-3/h4-10,13,17H,11-12,14H2,1-3H3. The van der Waals surface area contributed by atoms with E-state index < -0.39 is 0 Å². The third-order valence-corrected chi connectivity index (χ3v) is 5.55. The molecule has 0 fully saturated rings. The van der Waals surface area contributed by atoms with Crippen molar-refractivity contribution < 1.29 is 9.53 Å². The van der Waals surface area contributed by atoms with Crippen molar-refractivity contribution in [2.75, 3.05) is 44.9 Å². The molecule has 0 saturated heterocycles. The van der Waals surface area contributed by atoms with Crippen LogP contribution in [0.3, 0.4) is 0 Å². The molecule has 1 atom stereocenters. The van der Waals surface area contributed by atoms with Crippen LogP contribution < -0.4 is 9.64 Å². The van der Waals surface area contributed by atoms with Crippen molar-refractivity contribution in [2.45, 2.75) is 10.8 Å². The van der Waals surface area contributed by atoms with Gasteiger partial charge in [0.25, 0.3) is 0 Å². The summed E-state index contributed by atoms with van der Waals surface area (Å²) in [5.41, 5.74) is 2.03. The number of nitrogens with zero attached hydrogens (tertiary/aromatic N) is 2. The van der Waals surface area contributed by atoms with Gasteiger partial charge in [0, 0.05) is 23.7 Å². The van der Waals surface area contributed by atoms with E-state index in [2.05, 4.69) is 11.0 Å². The predicted molar refractivity (Wildman–Crippen MR) is 104 cm³/mol. The van der Waals surface area contributed by atoms with Gasteiger partial charge in [-0.05, 0) is 43.9 Å². The van der Waals surface area contributed by atoms with Gasteiger partial charge < -0.3 is 14.5 Å². The number of hydrogen-bond donors (Lipinski definition) is 0. The van der Waals surface area contributed by atoms with Gasteiger partial charge >= 0.3 is 0 Å². The average Bonchev–Trinajstić information content (AvgIpc) is 2.76. The van der Waals surface area contributed by atoms with E-state index in [1.165, 1.54) is 4.90 Å². The van der Waals surface area contributed by atoms with Crippen LogP contribution in [-0.2, 0) is 4.79 Å². The molecule has 1 heterocycles. The van der Waals surface area contributed by atoms with E-state index >= 15 is 0 Å². The van der Waals surface area contributed by atoms with Crippen molar-refractivity contribution in [1.82, 2.24) is 4.90 Å². The number of likely N-dealkylation sites (N-methyl/N-ethyl adjacent to an activating group) is 1. The van der Waals surface area contributed by atoms with Crippen LogP contribution in [0, 0.1) is 0 Å². The number of para-hydroxylation sites is 1. The van der Waals surface area contributed by atoms with Crippen molar-refractivity contribution in [3.05, 3.63) is 54.1 Å². The Bertz CT molecular complexity index is 748. The first-order valence-corrected chi connectivity index (χ1v) is 9.40. The third kappa shape index (κ3) is 3.99. The molecule has 2 aromatic rings. The molecule has 25 heavy (non-hydrogen) atoms. The molecule has 1 amide bonds. The zero-order chi connectivity index (χ0) is 17.8. The summed E-state index contributed by atoms with van der Waals surface area (Å²) in [6, 6.07) is 16.0. The molecule has 132 valence electrons. The van der Waals surface area contributed by atoms with Gasteiger partial charge in [-0.15, -0.1) is 11.8 Å². The molecule has 0 aliphatic carbocycles. The first-order chi connectivity index (χ1) is 12.1. The highest BCUT2D eigenvalue weighted by Gasteiger charge is 2.31. The summed E-state index contributed by atoms with van der Waals surface area (Å²) >= 11 is 1.75. The molecule has 4 nitrogen and oxygen atoms in total. The van der Waals surface area contributed by atoms with Gasteiger partial charge in [-0.3, -0.25) is 4.79 Å². The molecule has 0 spiro atoms. The number of fused-ring (bicyclic) bond motifs is 1. The first-order valence-electron chi connectivity index (χ1n) is 8.42. The van der Waals surface area contributed by atoms with Crippen LogP contribution in [0.15, 0.2) is 53.4 Å². The summed E-state index contributed by atoms with van der Waals surface area (Å²) < 4.78 is 5.34. The SMILES string of the molecule is COc1cccc(C2CSc3ccccc3N(CCN(C)C)C2=O)c1. The average molecular weight is 356 g/mol. The number of hydrogen-bond acceptors (Lipinski definition) is 4. The van der Waals surface area contributed by atoms with E-state index in [1.807, 2.05) is 61.5 Å². The maximum absolute atomic E-state index is 13.4. The zero-order valence-electron chi connectivity index (χ0n) is 14.9. The quantitative estimate of drug-likeness (QED) is 0.821. The fraction of sp³-hybridized carbons (Fsp3) is 0.350. The Morgan fingerprint density at radius 3 is 2.76 bits per heavy atom. The van der Waals surface area contributed by atoms with Gasteiger partial charge in [-0.1, -0.05) is 24.3 Å². The van der Waals surface area contributed by atoms with Crippen LogP contribution in [0.1, 0.15) is 11.5 Å². The summed E-state index contributed by atoms with van der Waals surface area (Å²) in [6.07, 6.45) is 0. The smallest absolute Gasteiger partial charge is 0.235 e. The second-order valence-corrected chi connectivity index (χ2v) is 7.46. The lowest BCUT2D eigenvalue weighted by molar-refractivity contribution is -0.119. The van der Waals surface area contributed by atoms with Crippen molar-refractivity contribution in [2.24, 2.45) is 0 Å². The molecule has 2 aromatic carbocycles. The van der Waals surface area contributed by atoms with E-state index in [1.54, 1.807) is 18.9 Å². The summed E-state index contributed by atoms with van der Waals surface area (Å²) in [4.78, 5) is 18.6. The number of benzene rings is 2. The molecule has 3 rings (SSSR count). The van der Waals surface area contributed by atoms with Gasteiger partial charge in [0.05, 0.1) is 18.7 Å². The zero-order valence-corrected chi connectivity index (χ0v) is 15.8. The topological polar surface area (TPSA) is 32.8 Å². The van der Waals surface area contributed by atoms with Crippen LogP contribution in [0.25, 0.3) is 0 Å². The van der Waals surface area contributed by atoms with E-state index in [9.17, 15) is 4.79 Å². The number of rotatable bonds is 5. The number of ether oxygens (including phenoxy) is 1. The highest BCUT2D eigenvalue weighted by Crippen LogP contribution is 2.39. The minimum absolute atomic E-state index is 0.160. The highest BCUT2D eigenvalue weighted by molar-refractivity contribution is 7.99. The Kier molecular flexibility index (Phi) is 5.66. The molecule has 0 N–H and O–H groups in total. The molecule has 0 aromatic heterocycles. The fourth-order valence-electron chi connectivity index (χ4n) is 2.98. The second kappa shape index (κ2) is 7.93. The van der Waals surface area contributed by atoms with E-state index in [-0.39, 0.29) is 11.8 Å². The maximum atomic E-state index is 13.4. The van der Waals surface area contributed by atoms with Gasteiger partial charge in [-0.25, -0.2) is 0 Å². The number of carbonyl (C=O) groups is 1. The van der Waals surface area contributed by atoms with Crippen molar-refractivity contribution in [1.29, 1.82) is 0 Å². The van der Waals surface area contributed by atoms with Gasteiger partial charge in [0.15, 0.2) is 0 Å². The summed E-state index contributed by atoms with van der Waals surface area (Å²) in [6.45, 7) is 1.51. The lowest BCUT2D eigenvalue weighted by Crippen LogP contribution is -2.39. The van der Waals surface area contributed by atoms with Crippen LogP contribution >= 0.6 is 11.8 Å². The number of carbonyl (C=O) groups excluding carboxylic acids is 1. The Labute approximate surface area is 153 Å². The van der Waals surface area contributed by atoms with Gasteiger partial charge in [0.1, 0.15) is 5.75 Å². The fourth-order valence-corrected chi connectivity index (χ4v) is 4.16. The van der Waals surface area contributed by atoms with Crippen molar-refractivity contribution in [3.8, 4) is 5.75 Å². The number of methoxy groups -OCH3 is 1. The van der Waals surface area contributed by atoms with E-state index in [0.717, 1.165) is 29.3 Å². The molecule has 1 unspecified atom stereocenters. The molecular weight excluding hydrogens is 332 g/mol. The Morgan fingerprint density at radius 2 is 2.00 bits per heavy atom. The molecule has 1 aliphatic rings. The lowest BCUT2D eigenvalue weighted by Gasteiger charge is -2.27. The summed E-state index contributed by atoms with van der Waals surface area (Å²) in [5.74, 6) is 1.51. The van der Waals surface area contributed by atoms with Gasteiger partial charge in [0.2, 0.25) is 5.91 Å². The molecule has 1 aliphatic heterocycles. The number of thioether (sulfide) groups is 1. The molecule has 0 radical (unpaired) electrons. The largest absolute Gasteiger partial charge is 0.497 e. The van der Waals surface area contributed by atoms with Crippen molar-refractivity contribution in [3.63, 3.8) is 0 Å². The Morgan fingerprint density at radius 1 is 1.20 bits per heavy atom. The predicted octanol–water partition coefficient (Wildman–Crippen LogP) is 3.48. The number of amides is 1. The summed E-state index contributed by atoms with van der Waals surface area (Å²) in [7, 11) is 5.72. The number of anilines is 1. The van der Waals surface area contributed by atoms with Gasteiger partial charge in [-0.2, -0.15) is 0 Å². The van der Waals surface area contributed by atoms with E-state index in [4.69, 9.17) is 4.74 Å². The monoisotopic (exact) mass is 356 g/mol. The minimum atomic E-state index is -0.172. The molecule has 0 saturated carbocycles.